The number of benzene rings is 2. The summed E-state index contributed by atoms with van der Waals surface area (Å²) in [4.78, 5) is 27.0. The summed E-state index contributed by atoms with van der Waals surface area (Å²) in [5.74, 6) is -0.398. The summed E-state index contributed by atoms with van der Waals surface area (Å²) in [5.41, 5.74) is 1.62. The maximum absolute atomic E-state index is 13.0. The fourth-order valence-electron chi connectivity index (χ4n) is 3.80. The van der Waals surface area contributed by atoms with E-state index in [4.69, 9.17) is 5.26 Å². The summed E-state index contributed by atoms with van der Waals surface area (Å²) in [5, 5.41) is 14.5. The van der Waals surface area contributed by atoms with Crippen molar-refractivity contribution >= 4 is 27.5 Å². The van der Waals surface area contributed by atoms with Crippen LogP contribution in [-0.4, -0.2) is 66.3 Å². The zero-order valence-electron chi connectivity index (χ0n) is 17.9. The first kappa shape index (κ1) is 22.6. The highest BCUT2D eigenvalue weighted by atomic mass is 32.2. The van der Waals surface area contributed by atoms with E-state index < -0.39 is 10.0 Å². The van der Waals surface area contributed by atoms with Crippen molar-refractivity contribution in [2.24, 2.45) is 5.10 Å². The van der Waals surface area contributed by atoms with Gasteiger partial charge < -0.3 is 4.90 Å². The van der Waals surface area contributed by atoms with Gasteiger partial charge in [0.15, 0.2) is 0 Å². The second kappa shape index (κ2) is 9.52. The number of nitrogens with zero attached hydrogens (tertiary/aromatic N) is 5. The minimum absolute atomic E-state index is 0.119. The van der Waals surface area contributed by atoms with E-state index in [2.05, 4.69) is 5.10 Å². The smallest absolute Gasteiger partial charge is 0.270 e. The molecule has 2 aliphatic rings. The molecule has 170 valence electrons. The molecule has 2 aliphatic heterocycles. The number of amides is 2. The summed E-state index contributed by atoms with van der Waals surface area (Å²) in [7, 11) is -3.71. The van der Waals surface area contributed by atoms with Crippen LogP contribution in [0.2, 0.25) is 0 Å². The van der Waals surface area contributed by atoms with Crippen molar-refractivity contribution in [3.63, 3.8) is 0 Å². The van der Waals surface area contributed by atoms with Crippen LogP contribution in [0.25, 0.3) is 0 Å². The highest BCUT2D eigenvalue weighted by Gasteiger charge is 2.33. The summed E-state index contributed by atoms with van der Waals surface area (Å²) in [6.45, 7) is 1.09. The molecular weight excluding hydrogens is 442 g/mol. The third kappa shape index (κ3) is 4.94. The predicted octanol–water partition coefficient (Wildman–Crippen LogP) is 1.57. The van der Waals surface area contributed by atoms with Crippen molar-refractivity contribution in [3.05, 3.63) is 65.7 Å². The third-order valence-electron chi connectivity index (χ3n) is 5.67. The van der Waals surface area contributed by atoms with Crippen LogP contribution in [0.15, 0.2) is 64.6 Å². The van der Waals surface area contributed by atoms with E-state index in [0.717, 1.165) is 5.56 Å². The molecule has 0 spiro atoms. The van der Waals surface area contributed by atoms with Gasteiger partial charge in [-0.2, -0.15) is 14.7 Å². The Morgan fingerprint density at radius 3 is 2.27 bits per heavy atom. The number of hydrazone groups is 1. The Kier molecular flexibility index (Phi) is 6.53. The van der Waals surface area contributed by atoms with Crippen LogP contribution in [0.4, 0.5) is 0 Å². The zero-order valence-corrected chi connectivity index (χ0v) is 18.7. The summed E-state index contributed by atoms with van der Waals surface area (Å²) in [6.07, 6.45) is 0.483. The fraction of sp³-hybridized carbons (Fsp3) is 0.304. The zero-order chi connectivity index (χ0) is 23.4. The second-order valence-corrected chi connectivity index (χ2v) is 9.75. The Morgan fingerprint density at radius 1 is 0.970 bits per heavy atom. The molecule has 0 aromatic heterocycles. The molecule has 0 atom stereocenters. The Hall–Kier alpha value is -3.55. The van der Waals surface area contributed by atoms with Gasteiger partial charge in [-0.25, -0.2) is 13.4 Å². The van der Waals surface area contributed by atoms with Gasteiger partial charge in [-0.05, 0) is 29.8 Å². The lowest BCUT2D eigenvalue weighted by Gasteiger charge is -2.35. The number of nitriles is 1. The first-order valence-corrected chi connectivity index (χ1v) is 12.0. The Labute approximate surface area is 192 Å². The maximum atomic E-state index is 13.0. The molecule has 0 N–H and O–H groups in total. The van der Waals surface area contributed by atoms with Gasteiger partial charge in [0.25, 0.3) is 5.91 Å². The van der Waals surface area contributed by atoms with E-state index >= 15 is 0 Å². The number of hydrogen-bond acceptors (Lipinski definition) is 6. The van der Waals surface area contributed by atoms with Gasteiger partial charge in [-0.3, -0.25) is 9.59 Å². The minimum atomic E-state index is -3.71. The van der Waals surface area contributed by atoms with Gasteiger partial charge in [-0.1, -0.05) is 30.3 Å². The highest BCUT2D eigenvalue weighted by molar-refractivity contribution is 7.89. The molecule has 2 aromatic rings. The van der Waals surface area contributed by atoms with Crippen molar-refractivity contribution in [2.45, 2.75) is 24.3 Å². The Morgan fingerprint density at radius 2 is 1.64 bits per heavy atom. The normalized spacial score (nSPS) is 17.4. The topological polar surface area (TPSA) is 114 Å². The van der Waals surface area contributed by atoms with Crippen LogP contribution < -0.4 is 0 Å². The maximum Gasteiger partial charge on any atom is 0.270 e. The fourth-order valence-corrected chi connectivity index (χ4v) is 5.22. The Bertz CT molecular complexity index is 1210. The lowest BCUT2D eigenvalue weighted by molar-refractivity contribution is -0.132. The molecule has 9 nitrogen and oxygen atoms in total. The van der Waals surface area contributed by atoms with Crippen LogP contribution in [0.3, 0.4) is 0 Å². The quantitative estimate of drug-likeness (QED) is 0.665. The first-order valence-electron chi connectivity index (χ1n) is 10.6. The van der Waals surface area contributed by atoms with Crippen molar-refractivity contribution in [1.29, 1.82) is 5.26 Å². The van der Waals surface area contributed by atoms with Crippen molar-refractivity contribution in [1.82, 2.24) is 14.2 Å². The summed E-state index contributed by atoms with van der Waals surface area (Å²) in [6, 6.07) is 17.2. The monoisotopic (exact) mass is 465 g/mol. The number of sulfonamides is 1. The van der Waals surface area contributed by atoms with Gasteiger partial charge in [0.1, 0.15) is 5.71 Å². The number of carbonyl (C=O) groups is 2. The molecule has 33 heavy (non-hydrogen) atoms. The first-order chi connectivity index (χ1) is 15.9. The molecular formula is C23H23N5O4S. The number of hydrogen-bond donors (Lipinski definition) is 0. The number of carbonyl (C=O) groups excluding carboxylic acids is 2. The third-order valence-corrected chi connectivity index (χ3v) is 7.59. The van der Waals surface area contributed by atoms with Crippen LogP contribution in [-0.2, 0) is 26.2 Å². The van der Waals surface area contributed by atoms with E-state index in [0.29, 0.717) is 17.8 Å². The molecule has 0 bridgehead atoms. The van der Waals surface area contributed by atoms with Crippen LogP contribution in [0.1, 0.15) is 24.0 Å². The van der Waals surface area contributed by atoms with Crippen LogP contribution in [0, 0.1) is 11.3 Å². The van der Waals surface area contributed by atoms with Gasteiger partial charge in [0, 0.05) is 39.0 Å². The minimum Gasteiger partial charge on any atom is -0.335 e. The summed E-state index contributed by atoms with van der Waals surface area (Å²) >= 11 is 0. The highest BCUT2D eigenvalue weighted by Crippen LogP contribution is 2.20. The van der Waals surface area contributed by atoms with Crippen LogP contribution >= 0.6 is 0 Å². The average molecular weight is 466 g/mol. The molecule has 2 amide bonds. The van der Waals surface area contributed by atoms with Gasteiger partial charge in [0.05, 0.1) is 23.1 Å². The van der Waals surface area contributed by atoms with Crippen LogP contribution in [0.5, 0.6) is 0 Å². The molecule has 0 saturated carbocycles. The Balaban J connectivity index is 1.40. The second-order valence-electron chi connectivity index (χ2n) is 7.82. The molecule has 1 fully saturated rings. The molecule has 2 aromatic carbocycles. The van der Waals surface area contributed by atoms with E-state index in [1.165, 1.54) is 33.6 Å². The average Bonchev–Trinajstić information content (AvgIpc) is 2.85. The van der Waals surface area contributed by atoms with E-state index in [1.807, 2.05) is 36.4 Å². The van der Waals surface area contributed by atoms with Crippen molar-refractivity contribution in [3.8, 4) is 6.07 Å². The molecule has 0 radical (unpaired) electrons. The van der Waals surface area contributed by atoms with Crippen molar-refractivity contribution < 1.29 is 18.0 Å². The molecule has 0 unspecified atom stereocenters. The molecule has 2 heterocycles. The van der Waals surface area contributed by atoms with E-state index in [-0.39, 0.29) is 55.7 Å². The molecule has 0 aliphatic carbocycles. The van der Waals surface area contributed by atoms with Crippen molar-refractivity contribution in [2.75, 3.05) is 26.2 Å². The molecule has 1 saturated heterocycles. The lowest BCUT2D eigenvalue weighted by atomic mass is 10.1. The summed E-state index contributed by atoms with van der Waals surface area (Å²) < 4.78 is 27.1. The van der Waals surface area contributed by atoms with E-state index in [9.17, 15) is 18.0 Å². The SMILES string of the molecule is N#Cc1ccc(S(=O)(=O)N2CCN(C(=O)C3=NN(Cc4ccccc4)C(=O)CC3)CC2)cc1. The molecule has 4 rings (SSSR count). The predicted molar refractivity (Wildman–Crippen MR) is 120 cm³/mol. The van der Waals surface area contributed by atoms with Gasteiger partial charge >= 0.3 is 0 Å². The number of rotatable bonds is 5. The number of piperazine rings is 1. The standard InChI is InChI=1S/C23H23N5O4S/c24-16-18-6-8-20(9-7-18)33(31,32)27-14-12-26(13-15-27)23(30)21-10-11-22(29)28(25-21)17-19-4-2-1-3-5-19/h1-9H,10-15,17H2. The van der Waals surface area contributed by atoms with E-state index in [1.54, 1.807) is 4.90 Å². The van der Waals surface area contributed by atoms with Gasteiger partial charge in [0.2, 0.25) is 15.9 Å². The molecule has 10 heteroatoms. The lowest BCUT2D eigenvalue weighted by Crippen LogP contribution is -2.52. The largest absolute Gasteiger partial charge is 0.335 e. The van der Waals surface area contributed by atoms with Gasteiger partial charge in [-0.15, -0.1) is 0 Å².